The summed E-state index contributed by atoms with van der Waals surface area (Å²) < 4.78 is 10.2. The molecule has 0 fully saturated rings. The standard InChI is InChI=1S/C14H14O3S/c1-10-8-17-12(13(10)14(15)16-2)9-18-11-6-4-3-5-7-11/h3-8H,9H2,1-2H3. The van der Waals surface area contributed by atoms with Gasteiger partial charge < -0.3 is 9.15 Å². The zero-order chi connectivity index (χ0) is 13.0. The number of carbonyl (C=O) groups is 1. The molecule has 1 aromatic carbocycles. The molecule has 0 amide bonds. The molecule has 3 nitrogen and oxygen atoms in total. The van der Waals surface area contributed by atoms with E-state index in [4.69, 9.17) is 9.15 Å². The summed E-state index contributed by atoms with van der Waals surface area (Å²) in [5.74, 6) is 0.931. The van der Waals surface area contributed by atoms with Crippen LogP contribution in [0.25, 0.3) is 0 Å². The molecular weight excluding hydrogens is 248 g/mol. The van der Waals surface area contributed by atoms with Crippen molar-refractivity contribution in [2.45, 2.75) is 17.6 Å². The van der Waals surface area contributed by atoms with Crippen LogP contribution in [0, 0.1) is 6.92 Å². The van der Waals surface area contributed by atoms with Crippen LogP contribution in [0.4, 0.5) is 0 Å². The van der Waals surface area contributed by atoms with E-state index in [0.29, 0.717) is 17.1 Å². The highest BCUT2D eigenvalue weighted by Crippen LogP contribution is 2.27. The second kappa shape index (κ2) is 5.78. The van der Waals surface area contributed by atoms with Crippen molar-refractivity contribution in [3.8, 4) is 0 Å². The van der Waals surface area contributed by atoms with Crippen LogP contribution >= 0.6 is 11.8 Å². The first-order valence-corrected chi connectivity index (χ1v) is 6.54. The van der Waals surface area contributed by atoms with Gasteiger partial charge in [-0.15, -0.1) is 11.8 Å². The summed E-state index contributed by atoms with van der Waals surface area (Å²) in [5.41, 5.74) is 1.35. The summed E-state index contributed by atoms with van der Waals surface area (Å²) in [7, 11) is 1.38. The lowest BCUT2D eigenvalue weighted by Gasteiger charge is -2.02. The van der Waals surface area contributed by atoms with Gasteiger partial charge in [0, 0.05) is 10.5 Å². The Kier molecular flexibility index (Phi) is 4.10. The van der Waals surface area contributed by atoms with E-state index in [2.05, 4.69) is 0 Å². The Hall–Kier alpha value is -1.68. The topological polar surface area (TPSA) is 39.4 Å². The molecule has 0 aliphatic rings. The van der Waals surface area contributed by atoms with Crippen LogP contribution in [-0.4, -0.2) is 13.1 Å². The molecule has 0 bridgehead atoms. The zero-order valence-corrected chi connectivity index (χ0v) is 11.1. The third kappa shape index (κ3) is 2.76. The van der Waals surface area contributed by atoms with Crippen LogP contribution in [0.15, 0.2) is 45.9 Å². The molecule has 0 spiro atoms. The molecule has 0 radical (unpaired) electrons. The molecule has 1 aromatic heterocycles. The van der Waals surface area contributed by atoms with E-state index >= 15 is 0 Å². The van der Waals surface area contributed by atoms with Gasteiger partial charge in [0.25, 0.3) is 0 Å². The van der Waals surface area contributed by atoms with Crippen molar-refractivity contribution in [1.29, 1.82) is 0 Å². The number of furan rings is 1. The molecule has 0 aliphatic carbocycles. The zero-order valence-electron chi connectivity index (χ0n) is 10.3. The minimum absolute atomic E-state index is 0.343. The van der Waals surface area contributed by atoms with E-state index in [1.165, 1.54) is 7.11 Å². The number of benzene rings is 1. The molecule has 18 heavy (non-hydrogen) atoms. The number of hydrogen-bond donors (Lipinski definition) is 0. The van der Waals surface area contributed by atoms with Gasteiger partial charge in [-0.25, -0.2) is 4.79 Å². The highest BCUT2D eigenvalue weighted by molar-refractivity contribution is 7.98. The maximum absolute atomic E-state index is 11.6. The summed E-state index contributed by atoms with van der Waals surface area (Å²) >= 11 is 1.63. The highest BCUT2D eigenvalue weighted by atomic mass is 32.2. The van der Waals surface area contributed by atoms with Crippen molar-refractivity contribution in [3.63, 3.8) is 0 Å². The summed E-state index contributed by atoms with van der Waals surface area (Å²) in [5, 5.41) is 0. The second-order valence-electron chi connectivity index (χ2n) is 3.81. The number of methoxy groups -OCH3 is 1. The highest BCUT2D eigenvalue weighted by Gasteiger charge is 2.18. The summed E-state index contributed by atoms with van der Waals surface area (Å²) in [6, 6.07) is 9.99. The fourth-order valence-electron chi connectivity index (χ4n) is 1.65. The Morgan fingerprint density at radius 2 is 2.06 bits per heavy atom. The van der Waals surface area contributed by atoms with Crippen LogP contribution in [0.1, 0.15) is 21.7 Å². The Morgan fingerprint density at radius 1 is 1.33 bits per heavy atom. The van der Waals surface area contributed by atoms with E-state index in [0.717, 1.165) is 10.5 Å². The third-order valence-electron chi connectivity index (χ3n) is 2.55. The van der Waals surface area contributed by atoms with E-state index in [-0.39, 0.29) is 5.97 Å². The molecule has 0 saturated heterocycles. The lowest BCUT2D eigenvalue weighted by molar-refractivity contribution is 0.0598. The van der Waals surface area contributed by atoms with E-state index in [1.54, 1.807) is 18.0 Å². The Labute approximate surface area is 110 Å². The molecular formula is C14H14O3S. The molecule has 4 heteroatoms. The van der Waals surface area contributed by atoms with Gasteiger partial charge in [0.15, 0.2) is 0 Å². The lowest BCUT2D eigenvalue weighted by Crippen LogP contribution is -2.04. The number of aryl methyl sites for hydroxylation is 1. The van der Waals surface area contributed by atoms with Gasteiger partial charge in [-0.2, -0.15) is 0 Å². The first kappa shape index (κ1) is 12.8. The molecule has 0 N–H and O–H groups in total. The molecule has 0 unspecified atom stereocenters. The number of esters is 1. The van der Waals surface area contributed by atoms with Crippen molar-refractivity contribution in [1.82, 2.24) is 0 Å². The summed E-state index contributed by atoms with van der Waals surface area (Å²) in [6.07, 6.45) is 1.59. The van der Waals surface area contributed by atoms with Crippen LogP contribution in [0.5, 0.6) is 0 Å². The molecule has 2 rings (SSSR count). The number of carbonyl (C=O) groups excluding carboxylic acids is 1. The van der Waals surface area contributed by atoms with Gasteiger partial charge in [-0.1, -0.05) is 18.2 Å². The first-order valence-electron chi connectivity index (χ1n) is 5.55. The van der Waals surface area contributed by atoms with E-state index in [9.17, 15) is 4.79 Å². The minimum Gasteiger partial charge on any atom is -0.467 e. The number of thioether (sulfide) groups is 1. The predicted molar refractivity (Wildman–Crippen MR) is 70.8 cm³/mol. The quantitative estimate of drug-likeness (QED) is 0.622. The van der Waals surface area contributed by atoms with Crippen molar-refractivity contribution in [2.75, 3.05) is 7.11 Å². The van der Waals surface area contributed by atoms with Gasteiger partial charge in [0.2, 0.25) is 0 Å². The number of hydrogen-bond acceptors (Lipinski definition) is 4. The van der Waals surface area contributed by atoms with Crippen molar-refractivity contribution in [2.24, 2.45) is 0 Å². The average Bonchev–Trinajstić information content (AvgIpc) is 2.78. The van der Waals surface area contributed by atoms with Crippen LogP contribution in [-0.2, 0) is 10.5 Å². The monoisotopic (exact) mass is 262 g/mol. The maximum atomic E-state index is 11.6. The SMILES string of the molecule is COC(=O)c1c(C)coc1CSc1ccccc1. The van der Waals surface area contributed by atoms with Crippen molar-refractivity contribution in [3.05, 3.63) is 53.5 Å². The fourth-order valence-corrected chi connectivity index (χ4v) is 2.51. The minimum atomic E-state index is -0.343. The van der Waals surface area contributed by atoms with Gasteiger partial charge in [0.05, 0.1) is 19.1 Å². The lowest BCUT2D eigenvalue weighted by atomic mass is 10.2. The molecule has 94 valence electrons. The molecule has 0 saturated carbocycles. The third-order valence-corrected chi connectivity index (χ3v) is 3.57. The Morgan fingerprint density at radius 3 is 2.72 bits per heavy atom. The number of ether oxygens (including phenoxy) is 1. The summed E-state index contributed by atoms with van der Waals surface area (Å²) in [6.45, 7) is 1.84. The van der Waals surface area contributed by atoms with E-state index in [1.807, 2.05) is 37.3 Å². The largest absolute Gasteiger partial charge is 0.467 e. The number of rotatable bonds is 4. The Bertz CT molecular complexity index is 531. The van der Waals surface area contributed by atoms with E-state index < -0.39 is 0 Å². The maximum Gasteiger partial charge on any atom is 0.341 e. The van der Waals surface area contributed by atoms with Gasteiger partial charge in [0.1, 0.15) is 11.3 Å². The van der Waals surface area contributed by atoms with Crippen molar-refractivity contribution < 1.29 is 13.9 Å². The van der Waals surface area contributed by atoms with Crippen LogP contribution in [0.2, 0.25) is 0 Å². The predicted octanol–water partition coefficient (Wildman–Crippen LogP) is 3.67. The fraction of sp³-hybridized carbons (Fsp3) is 0.214. The first-order chi connectivity index (χ1) is 8.72. The van der Waals surface area contributed by atoms with Gasteiger partial charge in [-0.3, -0.25) is 0 Å². The molecule has 0 aliphatic heterocycles. The van der Waals surface area contributed by atoms with Crippen molar-refractivity contribution >= 4 is 17.7 Å². The van der Waals surface area contributed by atoms with Crippen LogP contribution < -0.4 is 0 Å². The van der Waals surface area contributed by atoms with Gasteiger partial charge >= 0.3 is 5.97 Å². The normalized spacial score (nSPS) is 10.3. The average molecular weight is 262 g/mol. The smallest absolute Gasteiger partial charge is 0.341 e. The second-order valence-corrected chi connectivity index (χ2v) is 4.86. The molecule has 0 atom stereocenters. The molecule has 1 heterocycles. The Balaban J connectivity index is 2.13. The summed E-state index contributed by atoms with van der Waals surface area (Å²) in [4.78, 5) is 12.8. The van der Waals surface area contributed by atoms with Gasteiger partial charge in [-0.05, 0) is 19.1 Å². The molecule has 2 aromatic rings. The van der Waals surface area contributed by atoms with Crippen LogP contribution in [0.3, 0.4) is 0 Å².